The zero-order chi connectivity index (χ0) is 21.6. The molecule has 0 unspecified atom stereocenters. The first kappa shape index (κ1) is 20.4. The highest BCUT2D eigenvalue weighted by Gasteiger charge is 2.40. The number of nitrogens with zero attached hydrogens (tertiary/aromatic N) is 5. The maximum atomic E-state index is 12.8. The number of phenols is 1. The van der Waals surface area contributed by atoms with Crippen molar-refractivity contribution < 1.29 is 23.1 Å². The first-order chi connectivity index (χ1) is 14.1. The number of hydrogen-bond acceptors (Lipinski definition) is 6. The van der Waals surface area contributed by atoms with Crippen molar-refractivity contribution in [1.29, 1.82) is 0 Å². The van der Waals surface area contributed by atoms with Crippen LogP contribution in [0.25, 0.3) is 11.3 Å². The van der Waals surface area contributed by atoms with Gasteiger partial charge >= 0.3 is 6.18 Å². The lowest BCUT2D eigenvalue weighted by Gasteiger charge is -2.38. The number of likely N-dealkylation sites (tertiary alicyclic amines) is 1. The highest BCUT2D eigenvalue weighted by molar-refractivity contribution is 5.73. The summed E-state index contributed by atoms with van der Waals surface area (Å²) in [5, 5.41) is 18.5. The molecule has 30 heavy (non-hydrogen) atoms. The van der Waals surface area contributed by atoms with Crippen LogP contribution < -0.4 is 4.90 Å². The van der Waals surface area contributed by atoms with Gasteiger partial charge in [-0.25, -0.2) is 4.98 Å². The van der Waals surface area contributed by atoms with Crippen molar-refractivity contribution in [3.63, 3.8) is 0 Å². The Hall–Kier alpha value is -2.91. The molecular formula is C20H22F3N5O2. The number of aromatic hydroxyl groups is 1. The van der Waals surface area contributed by atoms with E-state index >= 15 is 0 Å². The molecule has 1 aromatic heterocycles. The minimum atomic E-state index is -4.54. The molecule has 2 atom stereocenters. The fraction of sp³-hybridized carbons (Fsp3) is 0.500. The summed E-state index contributed by atoms with van der Waals surface area (Å²) in [7, 11) is 0. The summed E-state index contributed by atoms with van der Waals surface area (Å²) in [5.74, 6) is 0.412. The summed E-state index contributed by atoms with van der Waals surface area (Å²) in [6, 6.07) is 2.87. The van der Waals surface area contributed by atoms with Crippen molar-refractivity contribution in [2.45, 2.75) is 38.9 Å². The SMILES string of the molecule is CC(=O)N1CC[C@@H]2CCN(c3nnc(-c4ccc(C(F)(F)F)cc4O)c(C)n3)[C@@H]2C1. The van der Waals surface area contributed by atoms with Crippen LogP contribution in [0, 0.1) is 12.8 Å². The molecule has 10 heteroatoms. The summed E-state index contributed by atoms with van der Waals surface area (Å²) in [6.45, 7) is 5.37. The van der Waals surface area contributed by atoms with Crippen LogP contribution in [-0.4, -0.2) is 56.8 Å². The molecule has 7 nitrogen and oxygen atoms in total. The van der Waals surface area contributed by atoms with Gasteiger partial charge in [-0.2, -0.15) is 13.2 Å². The summed E-state index contributed by atoms with van der Waals surface area (Å²) in [4.78, 5) is 20.2. The lowest BCUT2D eigenvalue weighted by Crippen LogP contribution is -2.50. The van der Waals surface area contributed by atoms with E-state index in [1.165, 1.54) is 6.07 Å². The van der Waals surface area contributed by atoms with Gasteiger partial charge in [0.05, 0.1) is 17.3 Å². The monoisotopic (exact) mass is 421 g/mol. The van der Waals surface area contributed by atoms with E-state index in [-0.39, 0.29) is 23.2 Å². The second-order valence-electron chi connectivity index (χ2n) is 7.84. The molecule has 2 aliphatic rings. The number of hydrogen-bond donors (Lipinski definition) is 1. The lowest BCUT2D eigenvalue weighted by atomic mass is 9.92. The number of piperidine rings is 1. The third kappa shape index (κ3) is 3.66. The highest BCUT2D eigenvalue weighted by atomic mass is 19.4. The molecule has 0 spiro atoms. The molecule has 4 rings (SSSR count). The number of rotatable bonds is 2. The molecule has 1 aromatic carbocycles. The zero-order valence-corrected chi connectivity index (χ0v) is 16.6. The maximum Gasteiger partial charge on any atom is 0.416 e. The second-order valence-corrected chi connectivity index (χ2v) is 7.84. The Balaban J connectivity index is 1.60. The van der Waals surface area contributed by atoms with E-state index in [0.717, 1.165) is 32.0 Å². The average Bonchev–Trinajstić information content (AvgIpc) is 3.10. The van der Waals surface area contributed by atoms with Gasteiger partial charge in [0.15, 0.2) is 0 Å². The topological polar surface area (TPSA) is 82.5 Å². The Bertz CT molecular complexity index is 981. The number of carbonyl (C=O) groups excluding carboxylic acids is 1. The van der Waals surface area contributed by atoms with E-state index in [9.17, 15) is 23.1 Å². The van der Waals surface area contributed by atoms with Gasteiger partial charge < -0.3 is 14.9 Å². The van der Waals surface area contributed by atoms with Crippen molar-refractivity contribution >= 4 is 11.9 Å². The number of anilines is 1. The standard InChI is InChI=1S/C20H22F3N5O2/c1-11-18(15-4-3-14(9-17(15)30)20(21,22)23)25-26-19(24-11)28-8-6-13-5-7-27(12(2)29)10-16(13)28/h3-4,9,13,16,30H,5-8,10H2,1-2H3/t13-,16-/m1/s1. The van der Waals surface area contributed by atoms with E-state index in [1.807, 2.05) is 4.90 Å². The number of carbonyl (C=O) groups is 1. The minimum absolute atomic E-state index is 0.0450. The van der Waals surface area contributed by atoms with Gasteiger partial charge in [-0.3, -0.25) is 4.79 Å². The van der Waals surface area contributed by atoms with E-state index in [1.54, 1.807) is 13.8 Å². The van der Waals surface area contributed by atoms with Crippen LogP contribution in [-0.2, 0) is 11.0 Å². The summed E-state index contributed by atoms with van der Waals surface area (Å²) < 4.78 is 38.5. The quantitative estimate of drug-likeness (QED) is 0.803. The van der Waals surface area contributed by atoms with Gasteiger partial charge in [0.2, 0.25) is 11.9 Å². The van der Waals surface area contributed by atoms with Gasteiger partial charge in [-0.05, 0) is 43.9 Å². The Morgan fingerprint density at radius 3 is 2.57 bits per heavy atom. The zero-order valence-electron chi connectivity index (χ0n) is 16.6. The number of benzene rings is 1. The van der Waals surface area contributed by atoms with Crippen molar-refractivity contribution in [1.82, 2.24) is 20.1 Å². The van der Waals surface area contributed by atoms with Crippen LogP contribution in [0.15, 0.2) is 18.2 Å². The maximum absolute atomic E-state index is 12.8. The van der Waals surface area contributed by atoms with Crippen molar-refractivity contribution in [2.24, 2.45) is 5.92 Å². The molecule has 160 valence electrons. The van der Waals surface area contributed by atoms with E-state index in [0.29, 0.717) is 30.2 Å². The number of fused-ring (bicyclic) bond motifs is 1. The Labute approximate surface area is 171 Å². The van der Waals surface area contributed by atoms with Crippen LogP contribution in [0.3, 0.4) is 0 Å². The molecule has 0 saturated carbocycles. The number of halogens is 3. The second kappa shape index (κ2) is 7.41. The van der Waals surface area contributed by atoms with Gasteiger partial charge in [0.1, 0.15) is 11.4 Å². The largest absolute Gasteiger partial charge is 0.507 e. The Kier molecular flexibility index (Phi) is 5.03. The fourth-order valence-electron chi connectivity index (χ4n) is 4.35. The third-order valence-electron chi connectivity index (χ3n) is 5.99. The van der Waals surface area contributed by atoms with Crippen LogP contribution in [0.5, 0.6) is 5.75 Å². The van der Waals surface area contributed by atoms with Crippen molar-refractivity contribution in [3.8, 4) is 17.0 Å². The molecule has 2 saturated heterocycles. The predicted molar refractivity (Wildman–Crippen MR) is 103 cm³/mol. The number of alkyl halides is 3. The van der Waals surface area contributed by atoms with Crippen LogP contribution >= 0.6 is 0 Å². The lowest BCUT2D eigenvalue weighted by molar-refractivity contribution is -0.137. The minimum Gasteiger partial charge on any atom is -0.507 e. The van der Waals surface area contributed by atoms with Crippen LogP contribution in [0.4, 0.5) is 19.1 Å². The molecule has 1 N–H and O–H groups in total. The number of aryl methyl sites for hydroxylation is 1. The predicted octanol–water partition coefficient (Wildman–Crippen LogP) is 3.02. The van der Waals surface area contributed by atoms with E-state index in [4.69, 9.17) is 0 Å². The normalized spacial score (nSPS) is 21.6. The fourth-order valence-corrected chi connectivity index (χ4v) is 4.35. The Morgan fingerprint density at radius 2 is 1.93 bits per heavy atom. The first-order valence-electron chi connectivity index (χ1n) is 9.79. The number of phenolic OH excluding ortho intramolecular Hbond substituents is 1. The van der Waals surface area contributed by atoms with Crippen LogP contribution in [0.1, 0.15) is 31.0 Å². The molecule has 2 aliphatic heterocycles. The third-order valence-corrected chi connectivity index (χ3v) is 5.99. The van der Waals surface area contributed by atoms with Crippen molar-refractivity contribution in [3.05, 3.63) is 29.5 Å². The number of aromatic nitrogens is 3. The molecule has 2 aromatic rings. The van der Waals surface area contributed by atoms with E-state index in [2.05, 4.69) is 20.1 Å². The van der Waals surface area contributed by atoms with Crippen molar-refractivity contribution in [2.75, 3.05) is 24.5 Å². The summed E-state index contributed by atoms with van der Waals surface area (Å²) in [5.41, 5.74) is -0.103. The average molecular weight is 421 g/mol. The highest BCUT2D eigenvalue weighted by Crippen LogP contribution is 2.37. The van der Waals surface area contributed by atoms with Crippen LogP contribution in [0.2, 0.25) is 0 Å². The molecule has 0 bridgehead atoms. The summed E-state index contributed by atoms with van der Waals surface area (Å²) >= 11 is 0. The smallest absolute Gasteiger partial charge is 0.416 e. The van der Waals surface area contributed by atoms with Gasteiger partial charge in [-0.15, -0.1) is 10.2 Å². The molecule has 3 heterocycles. The Morgan fingerprint density at radius 1 is 1.20 bits per heavy atom. The van der Waals surface area contributed by atoms with Gasteiger partial charge in [0, 0.05) is 32.1 Å². The number of amides is 1. The molecular weight excluding hydrogens is 399 g/mol. The first-order valence-corrected chi connectivity index (χ1v) is 9.79. The molecule has 1 amide bonds. The molecule has 2 fully saturated rings. The van der Waals surface area contributed by atoms with Gasteiger partial charge in [0.25, 0.3) is 0 Å². The molecule has 0 aliphatic carbocycles. The van der Waals surface area contributed by atoms with E-state index < -0.39 is 17.5 Å². The molecule has 0 radical (unpaired) electrons. The summed E-state index contributed by atoms with van der Waals surface area (Å²) in [6.07, 6.45) is -2.62. The van der Waals surface area contributed by atoms with Gasteiger partial charge in [-0.1, -0.05) is 0 Å².